The van der Waals surface area contributed by atoms with Crippen molar-refractivity contribution in [2.24, 2.45) is 5.41 Å². The molecule has 1 saturated heterocycles. The smallest absolute Gasteiger partial charge is 0.335 e. The van der Waals surface area contributed by atoms with Crippen LogP contribution in [0.4, 0.5) is 0 Å². The second-order valence-corrected chi connectivity index (χ2v) is 9.76. The highest BCUT2D eigenvalue weighted by molar-refractivity contribution is 5.83. The van der Waals surface area contributed by atoms with Crippen LogP contribution in [-0.4, -0.2) is 68.2 Å². The number of carboxylic acids is 1. The molecule has 1 fully saturated rings. The van der Waals surface area contributed by atoms with Crippen LogP contribution < -0.4 is 14.9 Å². The molecule has 202 valence electrons. The predicted octanol–water partition coefficient (Wildman–Crippen LogP) is 1.39. The minimum atomic E-state index is -1.95. The van der Waals surface area contributed by atoms with Crippen molar-refractivity contribution in [3.8, 4) is 28.6 Å². The van der Waals surface area contributed by atoms with Gasteiger partial charge in [-0.15, -0.1) is 0 Å². The van der Waals surface area contributed by atoms with Crippen LogP contribution in [0.3, 0.4) is 0 Å². The standard InChI is InChI=1S/C26H26O12/c1-26(2,3)25(34)37-14-9-8-11(21-18(29)16(27)12-6-4-5-7-13(12)35-21)10-15(14)36-24-20(31)17(28)19(30)22(38-24)23(32)33/h4-10,17,19-20,22,24,28-31H,1-3H3,(H,32,33)/t17-,19-,20+,22-,24+/m1/s1. The van der Waals surface area contributed by atoms with E-state index in [2.05, 4.69) is 0 Å². The maximum Gasteiger partial charge on any atom is 0.335 e. The van der Waals surface area contributed by atoms with E-state index in [4.69, 9.17) is 18.6 Å². The van der Waals surface area contributed by atoms with Gasteiger partial charge in [-0.1, -0.05) is 12.1 Å². The highest BCUT2D eigenvalue weighted by Crippen LogP contribution is 2.39. The molecule has 5 atom stereocenters. The number of hydrogen-bond acceptors (Lipinski definition) is 11. The van der Waals surface area contributed by atoms with E-state index in [1.807, 2.05) is 0 Å². The Hall–Kier alpha value is -3.97. The van der Waals surface area contributed by atoms with Crippen LogP contribution in [-0.2, 0) is 14.3 Å². The summed E-state index contributed by atoms with van der Waals surface area (Å²) < 4.78 is 22.0. The number of aliphatic hydroxyl groups excluding tert-OH is 3. The van der Waals surface area contributed by atoms with Crippen LogP contribution in [0.5, 0.6) is 17.2 Å². The Morgan fingerprint density at radius 1 is 0.947 bits per heavy atom. The lowest BCUT2D eigenvalue weighted by Crippen LogP contribution is -2.61. The Morgan fingerprint density at radius 3 is 2.29 bits per heavy atom. The Morgan fingerprint density at radius 2 is 1.63 bits per heavy atom. The molecular formula is C26H26O12. The molecule has 1 aliphatic heterocycles. The lowest BCUT2D eigenvalue weighted by molar-refractivity contribution is -0.271. The van der Waals surface area contributed by atoms with Crippen molar-refractivity contribution in [1.82, 2.24) is 0 Å². The molecule has 0 unspecified atom stereocenters. The summed E-state index contributed by atoms with van der Waals surface area (Å²) in [5, 5.41) is 50.5. The summed E-state index contributed by atoms with van der Waals surface area (Å²) in [6.07, 6.45) is -9.56. The zero-order valence-electron chi connectivity index (χ0n) is 20.5. The monoisotopic (exact) mass is 530 g/mol. The van der Waals surface area contributed by atoms with Crippen molar-refractivity contribution in [3.63, 3.8) is 0 Å². The Labute approximate surface area is 215 Å². The van der Waals surface area contributed by atoms with Gasteiger partial charge < -0.3 is 44.2 Å². The molecule has 12 heteroatoms. The predicted molar refractivity (Wildman–Crippen MR) is 130 cm³/mol. The van der Waals surface area contributed by atoms with Crippen molar-refractivity contribution in [3.05, 3.63) is 52.7 Å². The maximum absolute atomic E-state index is 12.7. The lowest BCUT2D eigenvalue weighted by atomic mass is 9.97. The number of aromatic hydroxyl groups is 1. The quantitative estimate of drug-likeness (QED) is 0.235. The number of esters is 1. The summed E-state index contributed by atoms with van der Waals surface area (Å²) in [6, 6.07) is 10.1. The molecule has 0 saturated carbocycles. The molecule has 0 radical (unpaired) electrons. The van der Waals surface area contributed by atoms with E-state index < -0.39 is 59.2 Å². The molecule has 3 aromatic rings. The van der Waals surface area contributed by atoms with Gasteiger partial charge in [-0.05, 0) is 51.1 Å². The molecule has 38 heavy (non-hydrogen) atoms. The molecule has 1 aliphatic rings. The largest absolute Gasteiger partial charge is 0.502 e. The number of rotatable bonds is 5. The number of hydrogen-bond donors (Lipinski definition) is 5. The van der Waals surface area contributed by atoms with E-state index in [-0.39, 0.29) is 33.8 Å². The molecule has 1 aromatic heterocycles. The van der Waals surface area contributed by atoms with Gasteiger partial charge in [0.05, 0.1) is 10.8 Å². The van der Waals surface area contributed by atoms with E-state index in [1.54, 1.807) is 32.9 Å². The molecule has 4 rings (SSSR count). The number of fused-ring (bicyclic) bond motifs is 1. The lowest BCUT2D eigenvalue weighted by Gasteiger charge is -2.38. The Bertz CT molecular complexity index is 1440. The van der Waals surface area contributed by atoms with Gasteiger partial charge in [-0.25, -0.2) is 4.79 Å². The van der Waals surface area contributed by atoms with Crippen molar-refractivity contribution in [1.29, 1.82) is 0 Å². The number of para-hydroxylation sites is 1. The van der Waals surface area contributed by atoms with Gasteiger partial charge in [0.15, 0.2) is 23.4 Å². The van der Waals surface area contributed by atoms with Gasteiger partial charge in [0.25, 0.3) is 0 Å². The minimum absolute atomic E-state index is 0.0941. The first-order valence-corrected chi connectivity index (χ1v) is 11.5. The van der Waals surface area contributed by atoms with E-state index in [0.29, 0.717) is 0 Å². The summed E-state index contributed by atoms with van der Waals surface area (Å²) in [4.78, 5) is 36.7. The molecule has 5 N–H and O–H groups in total. The average Bonchev–Trinajstić information content (AvgIpc) is 2.86. The first-order chi connectivity index (χ1) is 17.8. The summed E-state index contributed by atoms with van der Waals surface area (Å²) in [5.41, 5.74) is -1.35. The van der Waals surface area contributed by atoms with Gasteiger partial charge in [0, 0.05) is 5.56 Å². The maximum atomic E-state index is 12.7. The fourth-order valence-electron chi connectivity index (χ4n) is 3.68. The molecule has 0 spiro atoms. The van der Waals surface area contributed by atoms with Crippen molar-refractivity contribution >= 4 is 22.9 Å². The summed E-state index contributed by atoms with van der Waals surface area (Å²) in [6.45, 7) is 4.82. The molecule has 0 aliphatic carbocycles. The van der Waals surface area contributed by atoms with Crippen LogP contribution in [0.1, 0.15) is 20.8 Å². The van der Waals surface area contributed by atoms with Crippen LogP contribution in [0.15, 0.2) is 51.7 Å². The van der Waals surface area contributed by atoms with Crippen LogP contribution in [0, 0.1) is 5.41 Å². The normalized spacial score (nSPS) is 23.7. The number of aliphatic hydroxyl groups is 3. The molecule has 2 heterocycles. The van der Waals surface area contributed by atoms with E-state index in [9.17, 15) is 39.9 Å². The fraction of sp³-hybridized carbons (Fsp3) is 0.346. The molecule has 12 nitrogen and oxygen atoms in total. The first-order valence-electron chi connectivity index (χ1n) is 11.5. The van der Waals surface area contributed by atoms with Gasteiger partial charge in [0.2, 0.25) is 17.5 Å². The van der Waals surface area contributed by atoms with Crippen LogP contribution in [0.2, 0.25) is 0 Å². The first kappa shape index (κ1) is 27.1. The highest BCUT2D eigenvalue weighted by Gasteiger charge is 2.48. The van der Waals surface area contributed by atoms with E-state index in [0.717, 1.165) is 0 Å². The number of carbonyl (C=O) groups is 2. The van der Waals surface area contributed by atoms with Gasteiger partial charge in [-0.3, -0.25) is 9.59 Å². The number of ether oxygens (including phenoxy) is 3. The third kappa shape index (κ3) is 5.07. The topological polar surface area (TPSA) is 193 Å². The minimum Gasteiger partial charge on any atom is -0.502 e. The Balaban J connectivity index is 1.80. The second kappa shape index (κ2) is 10.1. The van der Waals surface area contributed by atoms with E-state index in [1.165, 1.54) is 30.3 Å². The zero-order valence-corrected chi connectivity index (χ0v) is 20.5. The SMILES string of the molecule is CC(C)(C)C(=O)Oc1ccc(-c2oc3ccccc3c(=O)c2O)cc1O[C@H]1O[C@@H](C(=O)O)[C@H](O)[C@@H](O)[C@@H]1O. The molecular weight excluding hydrogens is 504 g/mol. The van der Waals surface area contributed by atoms with Gasteiger partial charge in [-0.2, -0.15) is 0 Å². The van der Waals surface area contributed by atoms with Crippen molar-refractivity contribution < 1.29 is 53.7 Å². The van der Waals surface area contributed by atoms with Gasteiger partial charge >= 0.3 is 11.9 Å². The molecule has 2 aromatic carbocycles. The molecule has 0 amide bonds. The van der Waals surface area contributed by atoms with Crippen LogP contribution >= 0.6 is 0 Å². The third-order valence-electron chi connectivity index (χ3n) is 5.85. The summed E-state index contributed by atoms with van der Waals surface area (Å²) >= 11 is 0. The summed E-state index contributed by atoms with van der Waals surface area (Å²) in [7, 11) is 0. The van der Waals surface area contributed by atoms with E-state index >= 15 is 0 Å². The highest BCUT2D eigenvalue weighted by atomic mass is 16.7. The van der Waals surface area contributed by atoms with Crippen LogP contribution in [0.25, 0.3) is 22.3 Å². The molecule has 0 bridgehead atoms. The van der Waals surface area contributed by atoms with Crippen molar-refractivity contribution in [2.75, 3.05) is 0 Å². The zero-order chi connectivity index (χ0) is 27.9. The van der Waals surface area contributed by atoms with Crippen molar-refractivity contribution in [2.45, 2.75) is 51.5 Å². The Kier molecular flexibility index (Phi) is 7.17. The number of carbonyl (C=O) groups excluding carboxylic acids is 1. The van der Waals surface area contributed by atoms with Gasteiger partial charge in [0.1, 0.15) is 23.9 Å². The second-order valence-electron chi connectivity index (χ2n) is 9.76. The number of carboxylic acid groups (broad SMARTS) is 1. The number of benzene rings is 2. The fourth-order valence-corrected chi connectivity index (χ4v) is 3.68. The third-order valence-corrected chi connectivity index (χ3v) is 5.85. The summed E-state index contributed by atoms with van der Waals surface area (Å²) in [5.74, 6) is -3.69. The average molecular weight is 530 g/mol. The number of aliphatic carboxylic acids is 1.